The van der Waals surface area contributed by atoms with Crippen LogP contribution in [0.4, 0.5) is 0 Å². The van der Waals surface area contributed by atoms with Crippen LogP contribution in [0, 0.1) is 0 Å². The normalized spacial score (nSPS) is 18.2. The Morgan fingerprint density at radius 1 is 1.19 bits per heavy atom. The zero-order valence-electron chi connectivity index (χ0n) is 18.5. The van der Waals surface area contributed by atoms with Gasteiger partial charge in [0.15, 0.2) is 5.78 Å². The molecule has 4 atom stereocenters. The van der Waals surface area contributed by atoms with E-state index in [1.165, 1.54) is 25.8 Å². The van der Waals surface area contributed by atoms with E-state index in [0.717, 1.165) is 11.9 Å². The molecule has 1 heterocycles. The third-order valence-electron chi connectivity index (χ3n) is 4.87. The van der Waals surface area contributed by atoms with Crippen LogP contribution in [-0.4, -0.2) is 93.3 Å². The van der Waals surface area contributed by atoms with Crippen molar-refractivity contribution in [2.45, 2.75) is 64.4 Å². The molecule has 0 saturated carbocycles. The Morgan fingerprint density at radius 2 is 1.78 bits per heavy atom. The SMILES string of the molecule is CC(=O)N(N)C(O)C(=O)CC(=O)N(C)NC(=O)[C@@H]1CCCN1C(=O)[C@H](C)NC(=O)[C@H](C)N. The van der Waals surface area contributed by atoms with Crippen LogP contribution in [0.5, 0.6) is 0 Å². The maximum absolute atomic E-state index is 12.7. The average Bonchev–Trinajstić information content (AvgIpc) is 3.21. The van der Waals surface area contributed by atoms with Crippen molar-refractivity contribution in [3.05, 3.63) is 0 Å². The number of amides is 5. The number of nitrogens with zero attached hydrogens (tertiary/aromatic N) is 3. The molecule has 0 radical (unpaired) electrons. The summed E-state index contributed by atoms with van der Waals surface area (Å²) in [5, 5.41) is 13.2. The number of Topliss-reactive ketones (excluding diaryl/α,β-unsaturated/α-hetero) is 1. The minimum absolute atomic E-state index is 0.279. The third kappa shape index (κ3) is 6.96. The van der Waals surface area contributed by atoms with Crippen LogP contribution in [0.25, 0.3) is 0 Å². The van der Waals surface area contributed by atoms with Crippen LogP contribution < -0.4 is 22.3 Å². The number of hydrogen-bond acceptors (Lipinski definition) is 9. The van der Waals surface area contributed by atoms with Crippen LogP contribution in [0.3, 0.4) is 0 Å². The summed E-state index contributed by atoms with van der Waals surface area (Å²) in [4.78, 5) is 73.5. The van der Waals surface area contributed by atoms with Crippen molar-refractivity contribution in [3.63, 3.8) is 0 Å². The molecule has 180 valence electrons. The van der Waals surface area contributed by atoms with Gasteiger partial charge in [-0.05, 0) is 26.7 Å². The largest absolute Gasteiger partial charge is 0.366 e. The van der Waals surface area contributed by atoms with Crippen LogP contribution >= 0.6 is 0 Å². The Labute approximate surface area is 185 Å². The van der Waals surface area contributed by atoms with Crippen molar-refractivity contribution in [1.82, 2.24) is 25.7 Å². The molecule has 0 aliphatic carbocycles. The minimum Gasteiger partial charge on any atom is -0.366 e. The van der Waals surface area contributed by atoms with Gasteiger partial charge in [-0.2, -0.15) is 0 Å². The molecule has 0 aromatic rings. The number of carbonyl (C=O) groups excluding carboxylic acids is 6. The van der Waals surface area contributed by atoms with Crippen molar-refractivity contribution in [3.8, 4) is 0 Å². The monoisotopic (exact) mass is 457 g/mol. The lowest BCUT2D eigenvalue weighted by atomic mass is 10.2. The van der Waals surface area contributed by atoms with E-state index < -0.39 is 66.1 Å². The van der Waals surface area contributed by atoms with Gasteiger partial charge in [0.05, 0.1) is 12.5 Å². The molecule has 7 N–H and O–H groups in total. The summed E-state index contributed by atoms with van der Waals surface area (Å²) in [6.45, 7) is 4.27. The van der Waals surface area contributed by atoms with Crippen LogP contribution in [0.2, 0.25) is 0 Å². The van der Waals surface area contributed by atoms with Crippen molar-refractivity contribution in [2.24, 2.45) is 11.6 Å². The molecule has 0 aromatic carbocycles. The quantitative estimate of drug-likeness (QED) is 0.0798. The van der Waals surface area contributed by atoms with Crippen LogP contribution in [0.15, 0.2) is 0 Å². The van der Waals surface area contributed by atoms with Gasteiger partial charge in [-0.1, -0.05) is 0 Å². The Kier molecular flexibility index (Phi) is 9.68. The van der Waals surface area contributed by atoms with Gasteiger partial charge in [0.2, 0.25) is 29.9 Å². The number of nitrogens with two attached hydrogens (primary N) is 2. The first-order chi connectivity index (χ1) is 14.8. The van der Waals surface area contributed by atoms with E-state index in [-0.39, 0.29) is 11.6 Å². The zero-order valence-corrected chi connectivity index (χ0v) is 18.5. The highest BCUT2D eigenvalue weighted by molar-refractivity contribution is 6.01. The van der Waals surface area contributed by atoms with Gasteiger partial charge in [0.1, 0.15) is 12.1 Å². The summed E-state index contributed by atoms with van der Waals surface area (Å²) in [6.07, 6.45) is -1.95. The molecule has 0 aromatic heterocycles. The zero-order chi connectivity index (χ0) is 24.7. The molecule has 1 fully saturated rings. The van der Waals surface area contributed by atoms with Crippen molar-refractivity contribution >= 4 is 35.3 Å². The number of nitrogens with one attached hydrogen (secondary N) is 2. The van der Waals surface area contributed by atoms with Gasteiger partial charge in [0.25, 0.3) is 5.91 Å². The Hall–Kier alpha value is -3.10. The van der Waals surface area contributed by atoms with E-state index in [9.17, 15) is 33.9 Å². The highest BCUT2D eigenvalue weighted by Crippen LogP contribution is 2.18. The summed E-state index contributed by atoms with van der Waals surface area (Å²) >= 11 is 0. The Morgan fingerprint density at radius 3 is 2.31 bits per heavy atom. The van der Waals surface area contributed by atoms with E-state index in [1.807, 2.05) is 0 Å². The maximum Gasteiger partial charge on any atom is 0.261 e. The molecule has 1 unspecified atom stereocenters. The van der Waals surface area contributed by atoms with Gasteiger partial charge in [-0.25, -0.2) is 10.9 Å². The van der Waals surface area contributed by atoms with Crippen molar-refractivity contribution in [2.75, 3.05) is 13.6 Å². The standard InChI is InChI=1S/C18H31N7O7/c1-9(19)15(29)21-10(2)17(31)24-7-5-6-12(24)16(30)22-23(4)14(28)8-13(27)18(32)25(20)11(3)26/h9-10,12,18,32H,5-8,19-20H2,1-4H3,(H,21,29)(H,22,30)/t9-,10-,12-,18?/m0/s1. The lowest BCUT2D eigenvalue weighted by Crippen LogP contribution is -2.56. The highest BCUT2D eigenvalue weighted by atomic mass is 16.3. The number of hydrazine groups is 2. The first kappa shape index (κ1) is 26.9. The van der Waals surface area contributed by atoms with E-state index in [0.29, 0.717) is 12.8 Å². The molecule has 5 amide bonds. The summed E-state index contributed by atoms with van der Waals surface area (Å²) in [6, 6.07) is -2.59. The lowest BCUT2D eigenvalue weighted by Gasteiger charge is -2.29. The molecule has 14 nitrogen and oxygen atoms in total. The molecule has 1 saturated heterocycles. The van der Waals surface area contributed by atoms with Gasteiger partial charge < -0.3 is 21.1 Å². The number of aliphatic hydroxyl groups is 1. The lowest BCUT2D eigenvalue weighted by molar-refractivity contribution is -0.154. The van der Waals surface area contributed by atoms with E-state index >= 15 is 0 Å². The smallest absolute Gasteiger partial charge is 0.261 e. The number of carbonyl (C=O) groups is 6. The van der Waals surface area contributed by atoms with E-state index in [1.54, 1.807) is 0 Å². The molecule has 0 bridgehead atoms. The fourth-order valence-electron chi connectivity index (χ4n) is 2.95. The number of hydrogen-bond donors (Lipinski definition) is 5. The second kappa shape index (κ2) is 11.5. The molecule has 1 rings (SSSR count). The fourth-order valence-corrected chi connectivity index (χ4v) is 2.95. The summed E-state index contributed by atoms with van der Waals surface area (Å²) in [5.74, 6) is 0.910. The fraction of sp³-hybridized carbons (Fsp3) is 0.667. The predicted molar refractivity (Wildman–Crippen MR) is 109 cm³/mol. The van der Waals surface area contributed by atoms with Gasteiger partial charge in [-0.3, -0.25) is 39.2 Å². The van der Waals surface area contributed by atoms with E-state index in [4.69, 9.17) is 11.6 Å². The third-order valence-corrected chi connectivity index (χ3v) is 4.87. The summed E-state index contributed by atoms with van der Waals surface area (Å²) < 4.78 is 0. The maximum atomic E-state index is 12.7. The van der Waals surface area contributed by atoms with Crippen molar-refractivity contribution in [1.29, 1.82) is 0 Å². The number of ketones is 1. The van der Waals surface area contributed by atoms with Gasteiger partial charge in [-0.15, -0.1) is 0 Å². The first-order valence-corrected chi connectivity index (χ1v) is 9.96. The predicted octanol–water partition coefficient (Wildman–Crippen LogP) is -3.68. The second-order valence-electron chi connectivity index (χ2n) is 7.58. The molecule has 0 spiro atoms. The molecule has 14 heteroatoms. The Bertz CT molecular complexity index is 773. The number of likely N-dealkylation sites (tertiary alicyclic amines) is 1. The minimum atomic E-state index is -2.00. The molecular weight excluding hydrogens is 426 g/mol. The second-order valence-corrected chi connectivity index (χ2v) is 7.58. The average molecular weight is 457 g/mol. The molecular formula is C18H31N7O7. The number of rotatable bonds is 8. The summed E-state index contributed by atoms with van der Waals surface area (Å²) in [7, 11) is 1.19. The molecule has 1 aliphatic rings. The van der Waals surface area contributed by atoms with Gasteiger partial charge >= 0.3 is 0 Å². The van der Waals surface area contributed by atoms with Crippen molar-refractivity contribution < 1.29 is 33.9 Å². The number of aliphatic hydroxyl groups excluding tert-OH is 1. The Balaban J connectivity index is 2.70. The molecule has 1 aliphatic heterocycles. The van der Waals surface area contributed by atoms with E-state index in [2.05, 4.69) is 10.7 Å². The van der Waals surface area contributed by atoms with Crippen LogP contribution in [0.1, 0.15) is 40.0 Å². The highest BCUT2D eigenvalue weighted by Gasteiger charge is 2.37. The summed E-state index contributed by atoms with van der Waals surface area (Å²) in [5.41, 5.74) is 7.78. The van der Waals surface area contributed by atoms with Crippen LogP contribution in [-0.2, 0) is 28.8 Å². The first-order valence-electron chi connectivity index (χ1n) is 9.96. The van der Waals surface area contributed by atoms with Gasteiger partial charge in [0, 0.05) is 20.5 Å². The topological polar surface area (TPSA) is 208 Å². The molecule has 32 heavy (non-hydrogen) atoms.